The third-order valence-electron chi connectivity index (χ3n) is 4.15. The minimum Gasteiger partial charge on any atom is -0.294 e. The van der Waals surface area contributed by atoms with E-state index < -0.39 is 0 Å². The van der Waals surface area contributed by atoms with E-state index >= 15 is 0 Å². The van der Waals surface area contributed by atoms with Crippen molar-refractivity contribution in [2.45, 2.75) is 19.5 Å². The largest absolute Gasteiger partial charge is 0.294 e. The average molecular weight is 291 g/mol. The smallest absolute Gasteiger partial charge is 0.140 e. The first-order chi connectivity index (χ1) is 9.74. The van der Waals surface area contributed by atoms with E-state index in [2.05, 4.69) is 43.6 Å². The van der Waals surface area contributed by atoms with Crippen LogP contribution >= 0.6 is 11.3 Å². The fourth-order valence-corrected chi connectivity index (χ4v) is 3.44. The molecule has 0 saturated carbocycles. The van der Waals surface area contributed by atoms with Crippen LogP contribution in [-0.2, 0) is 13.6 Å². The highest BCUT2D eigenvalue weighted by Crippen LogP contribution is 2.23. The van der Waals surface area contributed by atoms with Gasteiger partial charge in [0.15, 0.2) is 0 Å². The van der Waals surface area contributed by atoms with Gasteiger partial charge in [-0.1, -0.05) is 0 Å². The molecule has 0 bridgehead atoms. The zero-order chi connectivity index (χ0) is 13.9. The van der Waals surface area contributed by atoms with Gasteiger partial charge in [-0.15, -0.1) is 0 Å². The predicted molar refractivity (Wildman–Crippen MR) is 80.6 cm³/mol. The fourth-order valence-electron chi connectivity index (χ4n) is 2.70. The number of thiophene rings is 1. The number of hydrogen-bond acceptors (Lipinski definition) is 5. The molecule has 20 heavy (non-hydrogen) atoms. The molecule has 1 atom stereocenters. The Balaban J connectivity index is 1.53. The first-order valence-electron chi connectivity index (χ1n) is 7.05. The van der Waals surface area contributed by atoms with Crippen LogP contribution in [0.4, 0.5) is 0 Å². The van der Waals surface area contributed by atoms with Crippen LogP contribution in [0.1, 0.15) is 24.4 Å². The molecule has 1 saturated heterocycles. The van der Waals surface area contributed by atoms with Crippen molar-refractivity contribution in [3.05, 3.63) is 34.5 Å². The minimum atomic E-state index is 0.526. The van der Waals surface area contributed by atoms with Crippen molar-refractivity contribution in [1.29, 1.82) is 0 Å². The Morgan fingerprint density at radius 1 is 1.30 bits per heavy atom. The van der Waals surface area contributed by atoms with Gasteiger partial charge in [0.1, 0.15) is 12.2 Å². The highest BCUT2D eigenvalue weighted by Gasteiger charge is 2.22. The van der Waals surface area contributed by atoms with E-state index in [9.17, 15) is 0 Å². The maximum atomic E-state index is 4.30. The minimum absolute atomic E-state index is 0.526. The summed E-state index contributed by atoms with van der Waals surface area (Å²) in [6, 6.07) is 2.76. The monoisotopic (exact) mass is 291 g/mol. The molecular weight excluding hydrogens is 270 g/mol. The van der Waals surface area contributed by atoms with E-state index in [4.69, 9.17) is 0 Å². The molecule has 0 spiro atoms. The van der Waals surface area contributed by atoms with Crippen LogP contribution in [0.3, 0.4) is 0 Å². The molecule has 3 rings (SSSR count). The van der Waals surface area contributed by atoms with Crippen molar-refractivity contribution in [2.24, 2.45) is 7.05 Å². The van der Waals surface area contributed by atoms with Crippen molar-refractivity contribution in [1.82, 2.24) is 24.6 Å². The van der Waals surface area contributed by atoms with Gasteiger partial charge in [-0.2, -0.15) is 16.4 Å². The molecule has 0 N–H and O–H groups in total. The molecule has 0 aliphatic carbocycles. The summed E-state index contributed by atoms with van der Waals surface area (Å²) < 4.78 is 1.86. The Kier molecular flexibility index (Phi) is 4.14. The van der Waals surface area contributed by atoms with E-state index in [1.807, 2.05) is 11.7 Å². The number of rotatable bonds is 4. The third-order valence-corrected chi connectivity index (χ3v) is 4.85. The normalized spacial score (nSPS) is 19.3. The Morgan fingerprint density at radius 3 is 2.70 bits per heavy atom. The SMILES string of the molecule is C[C@H](c1ccsc1)N1CCN(Cc2ncnn2C)CC1. The summed E-state index contributed by atoms with van der Waals surface area (Å²) in [5, 5.41) is 8.55. The van der Waals surface area contributed by atoms with Gasteiger partial charge >= 0.3 is 0 Å². The maximum absolute atomic E-state index is 4.30. The van der Waals surface area contributed by atoms with Gasteiger partial charge in [-0.3, -0.25) is 14.5 Å². The first-order valence-corrected chi connectivity index (χ1v) is 7.99. The standard InChI is InChI=1S/C14H21N5S/c1-12(13-3-8-20-10-13)19-6-4-18(5-7-19)9-14-15-11-16-17(14)2/h3,8,10-12H,4-7,9H2,1-2H3/t12-/m1/s1. The van der Waals surface area contributed by atoms with Crippen LogP contribution in [-0.4, -0.2) is 50.7 Å². The molecule has 5 nitrogen and oxygen atoms in total. The lowest BCUT2D eigenvalue weighted by molar-refractivity contribution is 0.0956. The number of hydrogen-bond donors (Lipinski definition) is 0. The Hall–Kier alpha value is -1.24. The third kappa shape index (κ3) is 2.92. The zero-order valence-corrected chi connectivity index (χ0v) is 12.9. The van der Waals surface area contributed by atoms with Crippen molar-refractivity contribution in [3.8, 4) is 0 Å². The van der Waals surface area contributed by atoms with Crippen LogP contribution in [0.25, 0.3) is 0 Å². The van der Waals surface area contributed by atoms with Crippen molar-refractivity contribution in [3.63, 3.8) is 0 Å². The summed E-state index contributed by atoms with van der Waals surface area (Å²) in [5.41, 5.74) is 1.44. The molecule has 1 fully saturated rings. The zero-order valence-electron chi connectivity index (χ0n) is 12.1. The summed E-state index contributed by atoms with van der Waals surface area (Å²) in [5.74, 6) is 1.05. The topological polar surface area (TPSA) is 37.2 Å². The van der Waals surface area contributed by atoms with Gasteiger partial charge in [0.05, 0.1) is 6.54 Å². The molecule has 3 heterocycles. The van der Waals surface area contributed by atoms with Crippen molar-refractivity contribution < 1.29 is 0 Å². The molecule has 1 aliphatic heterocycles. The Morgan fingerprint density at radius 2 is 2.10 bits per heavy atom. The molecule has 0 radical (unpaired) electrons. The van der Waals surface area contributed by atoms with E-state index in [1.54, 1.807) is 17.7 Å². The molecule has 0 aromatic carbocycles. The van der Waals surface area contributed by atoms with Crippen LogP contribution in [0, 0.1) is 0 Å². The molecule has 108 valence electrons. The van der Waals surface area contributed by atoms with Crippen LogP contribution in [0.5, 0.6) is 0 Å². The van der Waals surface area contributed by atoms with E-state index in [-0.39, 0.29) is 0 Å². The first kappa shape index (κ1) is 13.7. The van der Waals surface area contributed by atoms with Gasteiger partial charge in [0.2, 0.25) is 0 Å². The van der Waals surface area contributed by atoms with Gasteiger partial charge in [0.25, 0.3) is 0 Å². The maximum Gasteiger partial charge on any atom is 0.140 e. The highest BCUT2D eigenvalue weighted by atomic mass is 32.1. The highest BCUT2D eigenvalue weighted by molar-refractivity contribution is 7.07. The Labute approximate surface area is 123 Å². The fraction of sp³-hybridized carbons (Fsp3) is 0.571. The van der Waals surface area contributed by atoms with Gasteiger partial charge in [-0.05, 0) is 29.3 Å². The van der Waals surface area contributed by atoms with E-state index in [0.29, 0.717) is 6.04 Å². The molecule has 0 unspecified atom stereocenters. The van der Waals surface area contributed by atoms with Crippen LogP contribution < -0.4 is 0 Å². The Bertz CT molecular complexity index is 528. The molecule has 2 aromatic heterocycles. The predicted octanol–water partition coefficient (Wildman–Crippen LogP) is 1.76. The van der Waals surface area contributed by atoms with Gasteiger partial charge in [-0.25, -0.2) is 4.98 Å². The lowest BCUT2D eigenvalue weighted by Crippen LogP contribution is -2.46. The molecule has 2 aromatic rings. The summed E-state index contributed by atoms with van der Waals surface area (Å²) >= 11 is 1.78. The molecule has 6 heteroatoms. The summed E-state index contributed by atoms with van der Waals surface area (Å²) in [6.45, 7) is 7.64. The second-order valence-electron chi connectivity index (χ2n) is 5.34. The molecule has 0 amide bonds. The summed E-state index contributed by atoms with van der Waals surface area (Å²) in [7, 11) is 1.96. The van der Waals surface area contributed by atoms with Crippen molar-refractivity contribution >= 4 is 11.3 Å². The summed E-state index contributed by atoms with van der Waals surface area (Å²) in [4.78, 5) is 9.33. The second kappa shape index (κ2) is 6.03. The quantitative estimate of drug-likeness (QED) is 0.860. The number of nitrogens with zero attached hydrogens (tertiary/aromatic N) is 5. The number of aromatic nitrogens is 3. The van der Waals surface area contributed by atoms with Crippen LogP contribution in [0.15, 0.2) is 23.2 Å². The molecule has 1 aliphatic rings. The van der Waals surface area contributed by atoms with Gasteiger partial charge < -0.3 is 0 Å². The van der Waals surface area contributed by atoms with Crippen molar-refractivity contribution in [2.75, 3.05) is 26.2 Å². The lowest BCUT2D eigenvalue weighted by Gasteiger charge is -2.37. The summed E-state index contributed by atoms with van der Waals surface area (Å²) in [6.07, 6.45) is 1.63. The van der Waals surface area contributed by atoms with Gasteiger partial charge in [0, 0.05) is 39.3 Å². The van der Waals surface area contributed by atoms with E-state index in [0.717, 1.165) is 38.5 Å². The lowest BCUT2D eigenvalue weighted by atomic mass is 10.1. The van der Waals surface area contributed by atoms with E-state index in [1.165, 1.54) is 5.56 Å². The average Bonchev–Trinajstić information content (AvgIpc) is 3.12. The number of piperazine rings is 1. The second-order valence-corrected chi connectivity index (χ2v) is 6.12. The molecular formula is C14H21N5S. The number of aryl methyl sites for hydroxylation is 1. The van der Waals surface area contributed by atoms with Crippen LogP contribution in [0.2, 0.25) is 0 Å².